The Kier molecular flexibility index (Phi) is 3.38. The maximum absolute atomic E-state index is 12.1. The van der Waals surface area contributed by atoms with Crippen LogP contribution in [0.2, 0.25) is 0 Å². The lowest BCUT2D eigenvalue weighted by Crippen LogP contribution is -2.44. The van der Waals surface area contributed by atoms with Crippen molar-refractivity contribution < 1.29 is 4.79 Å². The van der Waals surface area contributed by atoms with Crippen LogP contribution in [0.15, 0.2) is 0 Å². The van der Waals surface area contributed by atoms with E-state index in [1.807, 2.05) is 4.90 Å². The van der Waals surface area contributed by atoms with E-state index in [1.54, 1.807) is 13.8 Å². The standard InChI is InChI=1S/C12H20N2O/c1-9(2)10-6-5-7-14(10)11(15)12(3,4)8-13/h9-10H,5-7H2,1-4H3. The van der Waals surface area contributed by atoms with Gasteiger partial charge in [0.05, 0.1) is 6.07 Å². The number of likely N-dealkylation sites (tertiary alicyclic amines) is 1. The second-order valence-corrected chi connectivity index (χ2v) is 5.19. The fraction of sp³-hybridized carbons (Fsp3) is 0.833. The zero-order chi connectivity index (χ0) is 11.6. The number of amides is 1. The van der Waals surface area contributed by atoms with Crippen LogP contribution in [0.1, 0.15) is 40.5 Å². The largest absolute Gasteiger partial charge is 0.338 e. The second kappa shape index (κ2) is 4.22. The summed E-state index contributed by atoms with van der Waals surface area (Å²) >= 11 is 0. The van der Waals surface area contributed by atoms with Gasteiger partial charge in [-0.05, 0) is 32.6 Å². The summed E-state index contributed by atoms with van der Waals surface area (Å²) < 4.78 is 0. The van der Waals surface area contributed by atoms with Gasteiger partial charge in [0.15, 0.2) is 0 Å². The van der Waals surface area contributed by atoms with Gasteiger partial charge in [0.1, 0.15) is 5.41 Å². The molecule has 0 aromatic heterocycles. The van der Waals surface area contributed by atoms with E-state index in [4.69, 9.17) is 5.26 Å². The normalized spacial score (nSPS) is 21.9. The molecule has 1 heterocycles. The summed E-state index contributed by atoms with van der Waals surface area (Å²) in [5.41, 5.74) is -0.878. The van der Waals surface area contributed by atoms with Gasteiger partial charge in [0.2, 0.25) is 5.91 Å². The molecule has 0 saturated carbocycles. The molecular weight excluding hydrogens is 188 g/mol. The lowest BCUT2D eigenvalue weighted by Gasteiger charge is -2.31. The van der Waals surface area contributed by atoms with Gasteiger partial charge in [0.25, 0.3) is 0 Å². The molecule has 1 aliphatic rings. The minimum absolute atomic E-state index is 0.0128. The molecule has 0 spiro atoms. The Morgan fingerprint density at radius 1 is 1.53 bits per heavy atom. The zero-order valence-corrected chi connectivity index (χ0v) is 10.1. The highest BCUT2D eigenvalue weighted by molar-refractivity contribution is 5.85. The number of hydrogen-bond acceptors (Lipinski definition) is 2. The zero-order valence-electron chi connectivity index (χ0n) is 10.1. The van der Waals surface area contributed by atoms with Gasteiger partial charge in [-0.2, -0.15) is 5.26 Å². The van der Waals surface area contributed by atoms with Crippen molar-refractivity contribution in [3.8, 4) is 6.07 Å². The van der Waals surface area contributed by atoms with Crippen molar-refractivity contribution in [2.75, 3.05) is 6.54 Å². The molecule has 1 atom stereocenters. The van der Waals surface area contributed by atoms with Crippen LogP contribution in [0, 0.1) is 22.7 Å². The van der Waals surface area contributed by atoms with Crippen molar-refractivity contribution in [3.05, 3.63) is 0 Å². The molecule has 0 bridgehead atoms. The third-order valence-electron chi connectivity index (χ3n) is 3.14. The summed E-state index contributed by atoms with van der Waals surface area (Å²) in [6, 6.07) is 2.41. The lowest BCUT2D eigenvalue weighted by atomic mass is 9.92. The Balaban J connectivity index is 2.81. The summed E-state index contributed by atoms with van der Waals surface area (Å²) in [5.74, 6) is 0.465. The lowest BCUT2D eigenvalue weighted by molar-refractivity contribution is -0.139. The van der Waals surface area contributed by atoms with Crippen LogP contribution in [-0.4, -0.2) is 23.4 Å². The quantitative estimate of drug-likeness (QED) is 0.698. The van der Waals surface area contributed by atoms with Crippen LogP contribution >= 0.6 is 0 Å². The molecule has 1 rings (SSSR count). The topological polar surface area (TPSA) is 44.1 Å². The molecule has 0 aromatic rings. The minimum atomic E-state index is -0.878. The highest BCUT2D eigenvalue weighted by atomic mass is 16.2. The van der Waals surface area contributed by atoms with E-state index in [1.165, 1.54) is 0 Å². The fourth-order valence-corrected chi connectivity index (χ4v) is 2.14. The first-order valence-corrected chi connectivity index (χ1v) is 5.62. The molecule has 1 saturated heterocycles. The molecule has 0 radical (unpaired) electrons. The summed E-state index contributed by atoms with van der Waals surface area (Å²) in [7, 11) is 0. The van der Waals surface area contributed by atoms with Crippen LogP contribution in [0.4, 0.5) is 0 Å². The van der Waals surface area contributed by atoms with Crippen LogP contribution in [0.3, 0.4) is 0 Å². The smallest absolute Gasteiger partial charge is 0.242 e. The Hall–Kier alpha value is -1.04. The first kappa shape index (κ1) is 12.0. The number of carbonyl (C=O) groups excluding carboxylic acids is 1. The van der Waals surface area contributed by atoms with Crippen molar-refractivity contribution in [1.82, 2.24) is 4.90 Å². The van der Waals surface area contributed by atoms with Crippen LogP contribution in [0.25, 0.3) is 0 Å². The maximum Gasteiger partial charge on any atom is 0.242 e. The highest BCUT2D eigenvalue weighted by Crippen LogP contribution is 2.28. The van der Waals surface area contributed by atoms with Gasteiger partial charge < -0.3 is 4.90 Å². The van der Waals surface area contributed by atoms with Gasteiger partial charge in [-0.25, -0.2) is 0 Å². The molecular formula is C12H20N2O. The van der Waals surface area contributed by atoms with E-state index >= 15 is 0 Å². The summed E-state index contributed by atoms with van der Waals surface area (Å²) in [5, 5.41) is 8.95. The van der Waals surface area contributed by atoms with Crippen LogP contribution in [0.5, 0.6) is 0 Å². The van der Waals surface area contributed by atoms with E-state index in [0.29, 0.717) is 12.0 Å². The number of nitriles is 1. The van der Waals surface area contributed by atoms with Crippen LogP contribution < -0.4 is 0 Å². The Bertz CT molecular complexity index is 288. The fourth-order valence-electron chi connectivity index (χ4n) is 2.14. The molecule has 1 fully saturated rings. The van der Waals surface area contributed by atoms with Crippen molar-refractivity contribution in [1.29, 1.82) is 5.26 Å². The van der Waals surface area contributed by atoms with Gasteiger partial charge >= 0.3 is 0 Å². The molecule has 3 heteroatoms. The summed E-state index contributed by atoms with van der Waals surface area (Å²) in [6.45, 7) is 8.48. The van der Waals surface area contributed by atoms with Gasteiger partial charge in [0, 0.05) is 12.6 Å². The highest BCUT2D eigenvalue weighted by Gasteiger charge is 2.38. The van der Waals surface area contributed by atoms with Crippen molar-refractivity contribution in [3.63, 3.8) is 0 Å². The molecule has 15 heavy (non-hydrogen) atoms. The molecule has 0 N–H and O–H groups in total. The Morgan fingerprint density at radius 2 is 2.13 bits per heavy atom. The number of rotatable bonds is 2. The van der Waals surface area contributed by atoms with Crippen molar-refractivity contribution >= 4 is 5.91 Å². The predicted molar refractivity (Wildman–Crippen MR) is 59.0 cm³/mol. The molecule has 0 aliphatic carbocycles. The van der Waals surface area contributed by atoms with Crippen LogP contribution in [-0.2, 0) is 4.79 Å². The minimum Gasteiger partial charge on any atom is -0.338 e. The summed E-state index contributed by atoms with van der Waals surface area (Å²) in [6.07, 6.45) is 2.14. The first-order chi connectivity index (χ1) is 6.90. The van der Waals surface area contributed by atoms with Crippen molar-refractivity contribution in [2.45, 2.75) is 46.6 Å². The molecule has 0 aromatic carbocycles. The molecule has 3 nitrogen and oxygen atoms in total. The monoisotopic (exact) mass is 208 g/mol. The third kappa shape index (κ3) is 2.31. The predicted octanol–water partition coefficient (Wildman–Crippen LogP) is 2.18. The summed E-state index contributed by atoms with van der Waals surface area (Å²) in [4.78, 5) is 14.0. The molecule has 1 aliphatic heterocycles. The first-order valence-electron chi connectivity index (χ1n) is 5.62. The van der Waals surface area contributed by atoms with Gasteiger partial charge in [-0.1, -0.05) is 13.8 Å². The van der Waals surface area contributed by atoms with E-state index in [2.05, 4.69) is 19.9 Å². The van der Waals surface area contributed by atoms with Gasteiger partial charge in [-0.15, -0.1) is 0 Å². The second-order valence-electron chi connectivity index (χ2n) is 5.19. The SMILES string of the molecule is CC(C)C1CCCN1C(=O)C(C)(C)C#N. The molecule has 1 amide bonds. The number of hydrogen-bond donors (Lipinski definition) is 0. The average molecular weight is 208 g/mol. The maximum atomic E-state index is 12.1. The van der Waals surface area contributed by atoms with E-state index in [-0.39, 0.29) is 5.91 Å². The molecule has 84 valence electrons. The average Bonchev–Trinajstić information content (AvgIpc) is 2.64. The number of nitrogens with zero attached hydrogens (tertiary/aromatic N) is 2. The van der Waals surface area contributed by atoms with Crippen molar-refractivity contribution in [2.24, 2.45) is 11.3 Å². The Morgan fingerprint density at radius 3 is 2.60 bits per heavy atom. The number of carbonyl (C=O) groups is 1. The molecule has 1 unspecified atom stereocenters. The van der Waals surface area contributed by atoms with Gasteiger partial charge in [-0.3, -0.25) is 4.79 Å². The van der Waals surface area contributed by atoms with E-state index in [9.17, 15) is 4.79 Å². The third-order valence-corrected chi connectivity index (χ3v) is 3.14. The van der Waals surface area contributed by atoms with E-state index in [0.717, 1.165) is 19.4 Å². The Labute approximate surface area is 92.1 Å². The van der Waals surface area contributed by atoms with E-state index < -0.39 is 5.41 Å².